The molecule has 0 aliphatic rings. The molecule has 0 radical (unpaired) electrons. The monoisotopic (exact) mass is 421 g/mol. The number of benzene rings is 2. The number of hydrogen-bond donors (Lipinski definition) is 2. The fourth-order valence-electron chi connectivity index (χ4n) is 2.99. The largest absolute Gasteiger partial charge is 0.506 e. The zero-order valence-corrected chi connectivity index (χ0v) is 16.3. The third kappa shape index (κ3) is 3.46. The standard InChI is InChI=1S/C19H15N7O3S/c27-15-7-3-1-5-13(15)20-17(28)10-25-9-12(21-24-25)11-30-19-23-22-18-26(19)14-6-2-4-8-16(14)29-18/h1-9,27H,10-11H2,(H,20,28). The van der Waals surface area contributed by atoms with E-state index < -0.39 is 0 Å². The summed E-state index contributed by atoms with van der Waals surface area (Å²) in [7, 11) is 0. The number of phenolic OH excluding ortho intramolecular Hbond substituents is 1. The van der Waals surface area contributed by atoms with Gasteiger partial charge in [0.05, 0.1) is 16.9 Å². The van der Waals surface area contributed by atoms with Crippen molar-refractivity contribution in [3.63, 3.8) is 0 Å². The quantitative estimate of drug-likeness (QED) is 0.317. The first kappa shape index (κ1) is 18.2. The van der Waals surface area contributed by atoms with Crippen LogP contribution in [0, 0.1) is 0 Å². The highest BCUT2D eigenvalue weighted by molar-refractivity contribution is 7.98. The van der Waals surface area contributed by atoms with E-state index in [-0.39, 0.29) is 18.2 Å². The first-order valence-corrected chi connectivity index (χ1v) is 9.98. The van der Waals surface area contributed by atoms with Gasteiger partial charge in [-0.1, -0.05) is 46.3 Å². The van der Waals surface area contributed by atoms with Gasteiger partial charge in [-0.2, -0.15) is 0 Å². The molecule has 0 fully saturated rings. The highest BCUT2D eigenvalue weighted by Gasteiger charge is 2.15. The van der Waals surface area contributed by atoms with E-state index in [1.807, 2.05) is 28.7 Å². The van der Waals surface area contributed by atoms with Crippen molar-refractivity contribution in [1.29, 1.82) is 0 Å². The highest BCUT2D eigenvalue weighted by Crippen LogP contribution is 2.27. The van der Waals surface area contributed by atoms with Crippen LogP contribution in [0.15, 0.2) is 64.3 Å². The number of para-hydroxylation sites is 4. The summed E-state index contributed by atoms with van der Waals surface area (Å²) in [6, 6.07) is 14.2. The van der Waals surface area contributed by atoms with Crippen LogP contribution in [0.5, 0.6) is 5.75 Å². The molecule has 0 aliphatic carbocycles. The molecular weight excluding hydrogens is 406 g/mol. The summed E-state index contributed by atoms with van der Waals surface area (Å²) in [4.78, 5) is 12.2. The van der Waals surface area contributed by atoms with Crippen LogP contribution in [0.2, 0.25) is 0 Å². The number of anilines is 1. The van der Waals surface area contributed by atoms with Gasteiger partial charge >= 0.3 is 5.84 Å². The van der Waals surface area contributed by atoms with Gasteiger partial charge in [0.2, 0.25) is 5.91 Å². The number of nitrogens with zero attached hydrogens (tertiary/aromatic N) is 6. The number of phenols is 1. The second-order valence-electron chi connectivity index (χ2n) is 6.43. The number of amides is 1. The molecule has 10 nitrogen and oxygen atoms in total. The van der Waals surface area contributed by atoms with Crippen molar-refractivity contribution in [3.8, 4) is 5.75 Å². The molecule has 150 valence electrons. The molecule has 3 heterocycles. The maximum atomic E-state index is 12.2. The number of rotatable bonds is 6. The van der Waals surface area contributed by atoms with Gasteiger partial charge < -0.3 is 14.8 Å². The Hall–Kier alpha value is -3.86. The first-order valence-electron chi connectivity index (χ1n) is 9.00. The van der Waals surface area contributed by atoms with E-state index in [0.29, 0.717) is 28.1 Å². The smallest absolute Gasteiger partial charge is 0.328 e. The van der Waals surface area contributed by atoms with E-state index in [1.165, 1.54) is 22.5 Å². The zero-order chi connectivity index (χ0) is 20.5. The molecule has 0 spiro atoms. The number of hydrogen-bond acceptors (Lipinski definition) is 8. The Balaban J connectivity index is 1.25. The molecule has 5 aromatic rings. The van der Waals surface area contributed by atoms with Crippen LogP contribution < -0.4 is 5.32 Å². The van der Waals surface area contributed by atoms with Crippen LogP contribution in [0.3, 0.4) is 0 Å². The number of oxazole rings is 1. The van der Waals surface area contributed by atoms with Crippen LogP contribution in [0.1, 0.15) is 5.69 Å². The predicted octanol–water partition coefficient (Wildman–Crippen LogP) is 2.70. The van der Waals surface area contributed by atoms with E-state index in [2.05, 4.69) is 25.8 Å². The number of fused-ring (bicyclic) bond motifs is 3. The van der Waals surface area contributed by atoms with E-state index >= 15 is 0 Å². The van der Waals surface area contributed by atoms with E-state index in [0.717, 1.165) is 11.1 Å². The Kier molecular flexibility index (Phi) is 4.56. The summed E-state index contributed by atoms with van der Waals surface area (Å²) >= 11 is 1.45. The number of aromatic hydroxyl groups is 1. The molecule has 0 saturated carbocycles. The van der Waals surface area contributed by atoms with Gasteiger partial charge in [0.1, 0.15) is 12.3 Å². The lowest BCUT2D eigenvalue weighted by Crippen LogP contribution is -2.19. The molecule has 0 bridgehead atoms. The van der Waals surface area contributed by atoms with Crippen molar-refractivity contribution in [3.05, 3.63) is 60.4 Å². The van der Waals surface area contributed by atoms with Crippen LogP contribution in [-0.2, 0) is 17.1 Å². The molecular formula is C19H15N7O3S. The summed E-state index contributed by atoms with van der Waals surface area (Å²) in [5.74, 6) is 0.627. The van der Waals surface area contributed by atoms with Gasteiger partial charge in [-0.25, -0.2) is 9.08 Å². The summed E-state index contributed by atoms with van der Waals surface area (Å²) in [5, 5.41) is 29.4. The Morgan fingerprint density at radius 3 is 2.83 bits per heavy atom. The number of carbonyl (C=O) groups is 1. The van der Waals surface area contributed by atoms with Gasteiger partial charge in [-0.05, 0) is 24.3 Å². The normalized spacial score (nSPS) is 11.3. The second kappa shape index (κ2) is 7.52. The molecule has 0 saturated heterocycles. The van der Waals surface area contributed by atoms with Crippen molar-refractivity contribution < 1.29 is 14.3 Å². The lowest BCUT2D eigenvalue weighted by Gasteiger charge is -2.06. The second-order valence-corrected chi connectivity index (χ2v) is 7.37. The molecule has 0 atom stereocenters. The van der Waals surface area contributed by atoms with Gasteiger partial charge in [0.25, 0.3) is 0 Å². The molecule has 0 aliphatic heterocycles. The van der Waals surface area contributed by atoms with Gasteiger partial charge in [-0.15, -0.1) is 10.2 Å². The highest BCUT2D eigenvalue weighted by atomic mass is 32.2. The van der Waals surface area contributed by atoms with Crippen molar-refractivity contribution in [2.24, 2.45) is 0 Å². The van der Waals surface area contributed by atoms with E-state index in [1.54, 1.807) is 24.4 Å². The van der Waals surface area contributed by atoms with Gasteiger partial charge in [0.15, 0.2) is 10.7 Å². The Morgan fingerprint density at radius 2 is 1.93 bits per heavy atom. The fourth-order valence-corrected chi connectivity index (χ4v) is 3.80. The molecule has 5 rings (SSSR count). The summed E-state index contributed by atoms with van der Waals surface area (Å²) in [6.07, 6.45) is 1.70. The Morgan fingerprint density at radius 1 is 1.10 bits per heavy atom. The van der Waals surface area contributed by atoms with Crippen molar-refractivity contribution in [1.82, 2.24) is 29.6 Å². The van der Waals surface area contributed by atoms with Crippen LogP contribution in [0.4, 0.5) is 5.69 Å². The number of thioether (sulfide) groups is 1. The molecule has 11 heteroatoms. The topological polar surface area (TPSA) is 123 Å². The first-order chi connectivity index (χ1) is 14.7. The number of nitrogens with one attached hydrogen (secondary N) is 1. The number of aromatic nitrogens is 6. The van der Waals surface area contributed by atoms with Crippen molar-refractivity contribution in [2.45, 2.75) is 17.5 Å². The lowest BCUT2D eigenvalue weighted by atomic mass is 10.3. The lowest BCUT2D eigenvalue weighted by molar-refractivity contribution is -0.116. The van der Waals surface area contributed by atoms with Crippen LogP contribution in [-0.4, -0.2) is 40.6 Å². The Bertz CT molecular complexity index is 1360. The van der Waals surface area contributed by atoms with Crippen LogP contribution in [0.25, 0.3) is 16.9 Å². The Labute approximate surface area is 173 Å². The average Bonchev–Trinajstić information content (AvgIpc) is 3.44. The maximum Gasteiger partial charge on any atom is 0.328 e. The molecule has 2 aromatic carbocycles. The van der Waals surface area contributed by atoms with Crippen LogP contribution >= 0.6 is 11.8 Å². The van der Waals surface area contributed by atoms with E-state index in [9.17, 15) is 9.90 Å². The SMILES string of the molecule is O=C(Cn1cc(CSc2nnc3oc4ccccc4n23)nn1)Nc1ccccc1O. The summed E-state index contributed by atoms with van der Waals surface area (Å²) < 4.78 is 8.97. The van der Waals surface area contributed by atoms with Crippen molar-refractivity contribution >= 4 is 40.3 Å². The summed E-state index contributed by atoms with van der Waals surface area (Å²) in [6.45, 7) is -0.0203. The van der Waals surface area contributed by atoms with Crippen molar-refractivity contribution in [2.75, 3.05) is 5.32 Å². The minimum atomic E-state index is -0.315. The molecule has 2 N–H and O–H groups in total. The predicted molar refractivity (Wildman–Crippen MR) is 109 cm³/mol. The van der Waals surface area contributed by atoms with E-state index in [4.69, 9.17) is 4.42 Å². The maximum absolute atomic E-state index is 12.2. The molecule has 0 unspecified atom stereocenters. The third-order valence-corrected chi connectivity index (χ3v) is 5.29. The minimum Gasteiger partial charge on any atom is -0.506 e. The third-order valence-electron chi connectivity index (χ3n) is 4.33. The average molecular weight is 421 g/mol. The van der Waals surface area contributed by atoms with Gasteiger partial charge in [-0.3, -0.25) is 4.79 Å². The number of carbonyl (C=O) groups excluding carboxylic acids is 1. The molecule has 30 heavy (non-hydrogen) atoms. The fraction of sp³-hybridized carbons (Fsp3) is 0.105. The van der Waals surface area contributed by atoms with Gasteiger partial charge in [0, 0.05) is 11.9 Å². The zero-order valence-electron chi connectivity index (χ0n) is 15.5. The molecule has 3 aromatic heterocycles. The summed E-state index contributed by atoms with van der Waals surface area (Å²) in [5.41, 5.74) is 2.68. The minimum absolute atomic E-state index is 0.00733. The molecule has 1 amide bonds.